The second kappa shape index (κ2) is 8.26. The molecule has 0 fully saturated rings. The molecule has 0 saturated carbocycles. The molecule has 0 radical (unpaired) electrons. The Kier molecular flexibility index (Phi) is 5.51. The Balaban J connectivity index is 2.10. The van der Waals surface area contributed by atoms with Crippen LogP contribution in [0.4, 0.5) is 18.9 Å². The van der Waals surface area contributed by atoms with Crippen LogP contribution < -0.4 is 4.90 Å². The number of hydrogen-bond donors (Lipinski definition) is 0. The van der Waals surface area contributed by atoms with Crippen LogP contribution in [0, 0.1) is 0 Å². The van der Waals surface area contributed by atoms with E-state index in [-0.39, 0.29) is 0 Å². The summed E-state index contributed by atoms with van der Waals surface area (Å²) >= 11 is 0. The Morgan fingerprint density at radius 2 is 1.29 bits per heavy atom. The number of anilines is 1. The molecule has 0 saturated heterocycles. The van der Waals surface area contributed by atoms with Crippen molar-refractivity contribution < 1.29 is 13.2 Å². The highest BCUT2D eigenvalue weighted by atomic mass is 19.4. The maximum atomic E-state index is 13.9. The van der Waals surface area contributed by atoms with E-state index in [1.807, 2.05) is 91.8 Å². The van der Waals surface area contributed by atoms with Crippen LogP contribution in [-0.2, 0) is 6.18 Å². The van der Waals surface area contributed by atoms with E-state index in [2.05, 4.69) is 4.98 Å². The predicted molar refractivity (Wildman–Crippen MR) is 120 cm³/mol. The van der Waals surface area contributed by atoms with Gasteiger partial charge in [0.25, 0.3) is 0 Å². The van der Waals surface area contributed by atoms with Gasteiger partial charge in [0.2, 0.25) is 0 Å². The van der Waals surface area contributed by atoms with E-state index >= 15 is 0 Å². The maximum Gasteiger partial charge on any atom is 0.416 e. The fourth-order valence-electron chi connectivity index (χ4n) is 3.61. The number of aromatic nitrogens is 1. The Hall–Kier alpha value is -3.60. The van der Waals surface area contributed by atoms with E-state index in [1.54, 1.807) is 6.20 Å². The molecule has 0 unspecified atom stereocenters. The third kappa shape index (κ3) is 4.31. The second-order valence-corrected chi connectivity index (χ2v) is 7.47. The molecule has 4 rings (SSSR count). The lowest BCUT2D eigenvalue weighted by molar-refractivity contribution is -0.137. The number of alkyl halides is 3. The first-order valence-corrected chi connectivity index (χ1v) is 9.84. The molecule has 3 aromatic carbocycles. The summed E-state index contributed by atoms with van der Waals surface area (Å²) in [4.78, 5) is 6.34. The van der Waals surface area contributed by atoms with Gasteiger partial charge in [-0.3, -0.25) is 4.98 Å². The molecule has 5 heteroatoms. The fourth-order valence-corrected chi connectivity index (χ4v) is 3.61. The predicted octanol–water partition coefficient (Wildman–Crippen LogP) is 7.17. The molecule has 4 aromatic rings. The number of rotatable bonds is 4. The SMILES string of the molecule is CN(C)c1ccnc(-c2cc(C(F)(F)F)cc(-c3ccccc3)c2-c2ccccc2)c1. The van der Waals surface area contributed by atoms with Crippen molar-refractivity contribution in [3.05, 3.63) is 96.7 Å². The van der Waals surface area contributed by atoms with Crippen LogP contribution in [0.1, 0.15) is 5.56 Å². The van der Waals surface area contributed by atoms with Crippen LogP contribution in [0.25, 0.3) is 33.5 Å². The molecule has 31 heavy (non-hydrogen) atoms. The molecule has 0 spiro atoms. The van der Waals surface area contributed by atoms with Crippen molar-refractivity contribution in [3.8, 4) is 33.5 Å². The van der Waals surface area contributed by atoms with Crippen LogP contribution in [-0.4, -0.2) is 19.1 Å². The molecule has 2 nitrogen and oxygen atoms in total. The minimum atomic E-state index is -4.48. The van der Waals surface area contributed by atoms with Crippen LogP contribution in [0.5, 0.6) is 0 Å². The summed E-state index contributed by atoms with van der Waals surface area (Å²) in [6.45, 7) is 0. The summed E-state index contributed by atoms with van der Waals surface area (Å²) in [6.07, 6.45) is -2.85. The Labute approximate surface area is 179 Å². The smallest absolute Gasteiger partial charge is 0.378 e. The van der Waals surface area contributed by atoms with Gasteiger partial charge >= 0.3 is 6.18 Å². The fraction of sp³-hybridized carbons (Fsp3) is 0.115. The highest BCUT2D eigenvalue weighted by Crippen LogP contribution is 2.44. The minimum absolute atomic E-state index is 0.448. The Bertz CT molecular complexity index is 1180. The standard InChI is InChI=1S/C26H21F3N2/c1-31(2)21-13-14-30-24(17-21)23-16-20(26(27,28)29)15-22(18-9-5-3-6-10-18)25(23)19-11-7-4-8-12-19/h3-17H,1-2H3. The molecule has 0 aliphatic rings. The van der Waals surface area contributed by atoms with E-state index in [0.717, 1.165) is 22.4 Å². The lowest BCUT2D eigenvalue weighted by atomic mass is 9.87. The van der Waals surface area contributed by atoms with Crippen molar-refractivity contribution in [3.63, 3.8) is 0 Å². The van der Waals surface area contributed by atoms with E-state index in [0.29, 0.717) is 16.8 Å². The van der Waals surface area contributed by atoms with Gasteiger partial charge in [0.1, 0.15) is 0 Å². The monoisotopic (exact) mass is 418 g/mol. The first-order chi connectivity index (χ1) is 14.8. The van der Waals surface area contributed by atoms with Crippen LogP contribution in [0.2, 0.25) is 0 Å². The molecule has 0 aliphatic heterocycles. The highest BCUT2D eigenvalue weighted by molar-refractivity contribution is 5.94. The summed E-state index contributed by atoms with van der Waals surface area (Å²) < 4.78 is 41.7. The molecule has 1 aromatic heterocycles. The van der Waals surface area contributed by atoms with E-state index in [1.165, 1.54) is 12.1 Å². The molecule has 0 aliphatic carbocycles. The molecule has 156 valence electrons. The Morgan fingerprint density at radius 3 is 1.87 bits per heavy atom. The summed E-state index contributed by atoms with van der Waals surface area (Å²) in [5.41, 5.74) is 3.91. The third-order valence-corrected chi connectivity index (χ3v) is 5.15. The summed E-state index contributed by atoms with van der Waals surface area (Å²) in [5, 5.41) is 0. The molecule has 0 amide bonds. The minimum Gasteiger partial charge on any atom is -0.378 e. The average Bonchev–Trinajstić information content (AvgIpc) is 2.79. The number of pyridine rings is 1. The first-order valence-electron chi connectivity index (χ1n) is 9.84. The average molecular weight is 418 g/mol. The summed E-state index contributed by atoms with van der Waals surface area (Å²) in [6, 6.07) is 24.7. The van der Waals surface area contributed by atoms with Gasteiger partial charge in [-0.1, -0.05) is 60.7 Å². The lowest BCUT2D eigenvalue weighted by Crippen LogP contribution is -2.09. The Morgan fingerprint density at radius 1 is 0.710 bits per heavy atom. The molecule has 0 bridgehead atoms. The van der Waals surface area contributed by atoms with Crippen molar-refractivity contribution in [1.82, 2.24) is 4.98 Å². The highest BCUT2D eigenvalue weighted by Gasteiger charge is 2.33. The molecular weight excluding hydrogens is 397 g/mol. The van der Waals surface area contributed by atoms with Crippen LogP contribution >= 0.6 is 0 Å². The zero-order chi connectivity index (χ0) is 22.0. The van der Waals surface area contributed by atoms with Gasteiger partial charge in [0, 0.05) is 31.5 Å². The van der Waals surface area contributed by atoms with Crippen molar-refractivity contribution in [2.75, 3.05) is 19.0 Å². The van der Waals surface area contributed by atoms with Gasteiger partial charge in [0.15, 0.2) is 0 Å². The van der Waals surface area contributed by atoms with E-state index in [9.17, 15) is 13.2 Å². The second-order valence-electron chi connectivity index (χ2n) is 7.47. The molecular formula is C26H21F3N2. The zero-order valence-corrected chi connectivity index (χ0v) is 17.2. The van der Waals surface area contributed by atoms with Crippen molar-refractivity contribution in [1.29, 1.82) is 0 Å². The van der Waals surface area contributed by atoms with Gasteiger partial charge in [-0.25, -0.2) is 0 Å². The topological polar surface area (TPSA) is 16.1 Å². The number of benzene rings is 3. The quantitative estimate of drug-likeness (QED) is 0.349. The number of nitrogens with zero attached hydrogens (tertiary/aromatic N) is 2. The van der Waals surface area contributed by atoms with Crippen molar-refractivity contribution in [2.45, 2.75) is 6.18 Å². The third-order valence-electron chi connectivity index (χ3n) is 5.15. The normalized spacial score (nSPS) is 11.4. The van der Waals surface area contributed by atoms with Gasteiger partial charge < -0.3 is 4.90 Å². The van der Waals surface area contributed by atoms with Gasteiger partial charge in [-0.2, -0.15) is 13.2 Å². The summed E-state index contributed by atoms with van der Waals surface area (Å²) in [5.74, 6) is 0. The largest absolute Gasteiger partial charge is 0.416 e. The van der Waals surface area contributed by atoms with Crippen molar-refractivity contribution in [2.24, 2.45) is 0 Å². The van der Waals surface area contributed by atoms with Crippen LogP contribution in [0.3, 0.4) is 0 Å². The van der Waals surface area contributed by atoms with E-state index < -0.39 is 11.7 Å². The van der Waals surface area contributed by atoms with Gasteiger partial charge in [-0.05, 0) is 46.5 Å². The van der Waals surface area contributed by atoms with Gasteiger partial charge in [0.05, 0.1) is 11.3 Å². The van der Waals surface area contributed by atoms with Crippen LogP contribution in [0.15, 0.2) is 91.1 Å². The molecule has 0 N–H and O–H groups in total. The lowest BCUT2D eigenvalue weighted by Gasteiger charge is -2.20. The maximum absolute atomic E-state index is 13.9. The number of hydrogen-bond acceptors (Lipinski definition) is 2. The summed E-state index contributed by atoms with van der Waals surface area (Å²) in [7, 11) is 3.78. The zero-order valence-electron chi connectivity index (χ0n) is 17.2. The van der Waals surface area contributed by atoms with Gasteiger partial charge in [-0.15, -0.1) is 0 Å². The van der Waals surface area contributed by atoms with Crippen molar-refractivity contribution >= 4 is 5.69 Å². The molecule has 1 heterocycles. The first kappa shape index (κ1) is 20.7. The molecule has 0 atom stereocenters. The van der Waals surface area contributed by atoms with E-state index in [4.69, 9.17) is 0 Å². The number of halogens is 3.